The average Bonchev–Trinajstić information content (AvgIpc) is 3.25. The molecule has 0 aliphatic carbocycles. The van der Waals surface area contributed by atoms with Crippen LogP contribution in [0.5, 0.6) is 0 Å². The molecule has 64 heavy (non-hydrogen) atoms. The van der Waals surface area contributed by atoms with Gasteiger partial charge in [-0.25, -0.2) is 0 Å². The van der Waals surface area contributed by atoms with Gasteiger partial charge in [0.25, 0.3) is 7.82 Å². The van der Waals surface area contributed by atoms with Gasteiger partial charge < -0.3 is 27.9 Å². The van der Waals surface area contributed by atoms with Crippen molar-refractivity contribution in [3.05, 3.63) is 85.1 Å². The fourth-order valence-corrected chi connectivity index (χ4v) is 7.20. The number of likely N-dealkylation sites (N-methyl/N-ethyl adjacent to an activating group) is 1. The molecule has 10 heteroatoms. The summed E-state index contributed by atoms with van der Waals surface area (Å²) in [6.07, 6.45) is 59.1. The van der Waals surface area contributed by atoms with Crippen LogP contribution in [0.1, 0.15) is 194 Å². The highest BCUT2D eigenvalue weighted by Crippen LogP contribution is 2.38. The van der Waals surface area contributed by atoms with E-state index < -0.39 is 32.5 Å². The zero-order valence-electron chi connectivity index (χ0n) is 41.4. The molecule has 0 saturated carbocycles. The van der Waals surface area contributed by atoms with Crippen molar-refractivity contribution in [3.63, 3.8) is 0 Å². The van der Waals surface area contributed by atoms with E-state index in [9.17, 15) is 19.0 Å². The molecule has 0 bridgehead atoms. The molecule has 0 heterocycles. The van der Waals surface area contributed by atoms with Crippen molar-refractivity contribution >= 4 is 19.8 Å². The van der Waals surface area contributed by atoms with Crippen molar-refractivity contribution in [1.82, 2.24) is 0 Å². The van der Waals surface area contributed by atoms with E-state index in [1.54, 1.807) is 0 Å². The number of phosphoric acid groups is 1. The summed E-state index contributed by atoms with van der Waals surface area (Å²) >= 11 is 0. The minimum atomic E-state index is -4.65. The Morgan fingerprint density at radius 3 is 1.36 bits per heavy atom. The second-order valence-electron chi connectivity index (χ2n) is 17.8. The van der Waals surface area contributed by atoms with E-state index in [4.69, 9.17) is 18.5 Å². The number of hydrogen-bond acceptors (Lipinski definition) is 8. The van der Waals surface area contributed by atoms with Crippen molar-refractivity contribution in [3.8, 4) is 0 Å². The summed E-state index contributed by atoms with van der Waals surface area (Å²) in [5, 5.41) is 0. The number of allylic oxidation sites excluding steroid dienone is 14. The van der Waals surface area contributed by atoms with Crippen molar-refractivity contribution < 1.29 is 42.1 Å². The van der Waals surface area contributed by atoms with Crippen LogP contribution in [0, 0.1) is 0 Å². The highest BCUT2D eigenvalue weighted by atomic mass is 31.2. The van der Waals surface area contributed by atoms with Crippen LogP contribution in [-0.4, -0.2) is 70.0 Å². The van der Waals surface area contributed by atoms with Gasteiger partial charge >= 0.3 is 11.9 Å². The number of carbonyl (C=O) groups excluding carboxylic acids is 2. The molecule has 0 aromatic rings. The number of unbranched alkanes of at least 4 members (excludes halogenated alkanes) is 17. The number of carbonyl (C=O) groups is 2. The van der Waals surface area contributed by atoms with Crippen molar-refractivity contribution in [2.24, 2.45) is 0 Å². The lowest BCUT2D eigenvalue weighted by Crippen LogP contribution is -2.37. The van der Waals surface area contributed by atoms with E-state index in [-0.39, 0.29) is 26.1 Å². The normalized spacial score (nSPS) is 14.2. The van der Waals surface area contributed by atoms with Crippen molar-refractivity contribution in [2.75, 3.05) is 47.5 Å². The predicted octanol–water partition coefficient (Wildman–Crippen LogP) is 14.5. The van der Waals surface area contributed by atoms with Crippen LogP contribution >= 0.6 is 7.82 Å². The summed E-state index contributed by atoms with van der Waals surface area (Å²) in [5.41, 5.74) is 0. The maximum absolute atomic E-state index is 12.7. The van der Waals surface area contributed by atoms with Crippen molar-refractivity contribution in [1.29, 1.82) is 0 Å². The smallest absolute Gasteiger partial charge is 0.306 e. The lowest BCUT2D eigenvalue weighted by Gasteiger charge is -2.28. The molecular formula is C54H94NO8P. The third-order valence-corrected chi connectivity index (χ3v) is 11.4. The fourth-order valence-electron chi connectivity index (χ4n) is 6.48. The summed E-state index contributed by atoms with van der Waals surface area (Å²) in [7, 11) is 1.12. The zero-order chi connectivity index (χ0) is 47.1. The van der Waals surface area contributed by atoms with Gasteiger partial charge in [-0.2, -0.15) is 0 Å². The first-order valence-corrected chi connectivity index (χ1v) is 26.8. The van der Waals surface area contributed by atoms with Gasteiger partial charge in [-0.3, -0.25) is 14.2 Å². The van der Waals surface area contributed by atoms with Crippen LogP contribution in [0.2, 0.25) is 0 Å². The van der Waals surface area contributed by atoms with Crippen LogP contribution in [0.4, 0.5) is 0 Å². The molecule has 368 valence electrons. The Hall–Kier alpha value is -2.81. The molecule has 9 nitrogen and oxygen atoms in total. The van der Waals surface area contributed by atoms with Crippen LogP contribution < -0.4 is 4.89 Å². The van der Waals surface area contributed by atoms with Gasteiger partial charge in [0, 0.05) is 12.8 Å². The van der Waals surface area contributed by atoms with E-state index in [1.807, 2.05) is 21.1 Å². The number of esters is 2. The Labute approximate surface area is 392 Å². The fraction of sp³-hybridized carbons (Fsp3) is 0.704. The average molecular weight is 916 g/mol. The van der Waals surface area contributed by atoms with Crippen LogP contribution in [0.15, 0.2) is 85.1 Å². The number of ether oxygens (including phenoxy) is 2. The molecule has 0 fully saturated rings. The first kappa shape index (κ1) is 61.2. The monoisotopic (exact) mass is 916 g/mol. The molecule has 0 rings (SSSR count). The summed E-state index contributed by atoms with van der Waals surface area (Å²) < 4.78 is 33.9. The summed E-state index contributed by atoms with van der Waals surface area (Å²) in [6, 6.07) is 0. The van der Waals surface area contributed by atoms with E-state index in [0.29, 0.717) is 23.9 Å². The lowest BCUT2D eigenvalue weighted by molar-refractivity contribution is -0.870. The Balaban J connectivity index is 4.27. The number of quaternary nitrogens is 1. The van der Waals surface area contributed by atoms with E-state index in [2.05, 4.69) is 98.9 Å². The van der Waals surface area contributed by atoms with Gasteiger partial charge in [0.2, 0.25) is 0 Å². The molecule has 0 aromatic heterocycles. The molecule has 0 aliphatic rings. The van der Waals surface area contributed by atoms with Gasteiger partial charge in [0.1, 0.15) is 19.8 Å². The van der Waals surface area contributed by atoms with Gasteiger partial charge in [-0.05, 0) is 89.9 Å². The maximum atomic E-state index is 12.7. The molecule has 0 aliphatic heterocycles. The summed E-state index contributed by atoms with van der Waals surface area (Å²) in [5.74, 6) is -0.892. The summed E-state index contributed by atoms with van der Waals surface area (Å²) in [6.45, 7) is 4.04. The third-order valence-electron chi connectivity index (χ3n) is 10.4. The molecule has 0 N–H and O–H groups in total. The van der Waals surface area contributed by atoms with Gasteiger partial charge in [0.15, 0.2) is 6.10 Å². The first-order valence-electron chi connectivity index (χ1n) is 25.3. The molecule has 2 atom stereocenters. The molecule has 0 aromatic carbocycles. The largest absolute Gasteiger partial charge is 0.756 e. The minimum Gasteiger partial charge on any atom is -0.756 e. The summed E-state index contributed by atoms with van der Waals surface area (Å²) in [4.78, 5) is 37.7. The molecule has 0 saturated heterocycles. The second-order valence-corrected chi connectivity index (χ2v) is 19.2. The Bertz CT molecular complexity index is 1360. The van der Waals surface area contributed by atoms with Gasteiger partial charge in [0.05, 0.1) is 27.7 Å². The number of nitrogens with zero attached hydrogens (tertiary/aromatic N) is 1. The number of phosphoric ester groups is 1. The van der Waals surface area contributed by atoms with Crippen LogP contribution in [-0.2, 0) is 32.7 Å². The predicted molar refractivity (Wildman–Crippen MR) is 268 cm³/mol. The molecule has 2 unspecified atom stereocenters. The highest BCUT2D eigenvalue weighted by Gasteiger charge is 2.21. The number of hydrogen-bond donors (Lipinski definition) is 0. The van der Waals surface area contributed by atoms with E-state index >= 15 is 0 Å². The lowest BCUT2D eigenvalue weighted by atomic mass is 10.1. The molecule has 0 spiro atoms. The van der Waals surface area contributed by atoms with E-state index in [1.165, 1.54) is 77.0 Å². The number of rotatable bonds is 45. The Morgan fingerprint density at radius 1 is 0.500 bits per heavy atom. The Kier molecular flexibility index (Phi) is 43.4. The van der Waals surface area contributed by atoms with Gasteiger partial charge in [-0.1, -0.05) is 176 Å². The topological polar surface area (TPSA) is 111 Å². The van der Waals surface area contributed by atoms with Crippen molar-refractivity contribution in [2.45, 2.75) is 200 Å². The van der Waals surface area contributed by atoms with Crippen LogP contribution in [0.25, 0.3) is 0 Å². The minimum absolute atomic E-state index is 0.0438. The van der Waals surface area contributed by atoms with Crippen LogP contribution in [0.3, 0.4) is 0 Å². The standard InChI is InChI=1S/C54H94NO8P/c1-6-8-10-12-14-16-18-20-22-23-24-25-26-27-28-29-30-31-33-34-36-38-40-42-44-46-53(56)60-50-52(51-62-64(58,59)61-49-48-55(3,4)5)63-54(57)47-45-43-41-39-37-35-32-21-19-17-15-13-11-9-7-2/h9,11,15,17-18,20-21,23-24,26-27,32,37,39,52H,6-8,10,12-14,16,19,22,25,28-31,33-36,38,40-51H2,1-5H3/b11-9-,17-15-,20-18-,24-23-,27-26-,32-21-,39-37-. The maximum Gasteiger partial charge on any atom is 0.306 e. The third kappa shape index (κ3) is 48.6. The SMILES string of the molecule is CC/C=C\C/C=C\C/C=C\C/C=C\CCCCC(=O)OC(COC(=O)CCCCCCCCCCCC/C=C\C/C=C\C/C=C\CCCCCCC)COP(=O)([O-])OCC[N+](C)(C)C. The zero-order valence-corrected chi connectivity index (χ0v) is 42.3. The quantitative estimate of drug-likeness (QED) is 0.0195. The second kappa shape index (κ2) is 45.4. The van der Waals surface area contributed by atoms with Gasteiger partial charge in [-0.15, -0.1) is 0 Å². The first-order chi connectivity index (χ1) is 31.0. The Morgan fingerprint density at radius 2 is 0.891 bits per heavy atom. The van der Waals surface area contributed by atoms with E-state index in [0.717, 1.165) is 77.0 Å². The highest BCUT2D eigenvalue weighted by molar-refractivity contribution is 7.45. The molecule has 0 amide bonds. The molecular weight excluding hydrogens is 822 g/mol. The molecule has 0 radical (unpaired) electrons.